The van der Waals surface area contributed by atoms with Crippen LogP contribution in [0.2, 0.25) is 0 Å². The number of hydrogen-bond acceptors (Lipinski definition) is 5. The van der Waals surface area contributed by atoms with Gasteiger partial charge in [-0.1, -0.05) is 12.1 Å². The maximum Gasteiger partial charge on any atom is 0.293 e. The topological polar surface area (TPSA) is 84.3 Å². The molecule has 0 spiro atoms. The minimum absolute atomic E-state index is 0.108. The maximum absolute atomic E-state index is 12.2. The predicted molar refractivity (Wildman–Crippen MR) is 83.0 cm³/mol. The van der Waals surface area contributed by atoms with Crippen LogP contribution in [-0.2, 0) is 6.42 Å². The van der Waals surface area contributed by atoms with Crippen molar-refractivity contribution in [1.82, 2.24) is 5.32 Å². The number of rotatable bonds is 6. The lowest BCUT2D eigenvalue weighted by atomic mass is 10.1. The molecule has 0 atom stereocenters. The Bertz CT molecular complexity index is 641. The van der Waals surface area contributed by atoms with E-state index in [1.165, 1.54) is 17.0 Å². The summed E-state index contributed by atoms with van der Waals surface area (Å²) in [6.07, 6.45) is 0.743. The zero-order valence-electron chi connectivity index (χ0n) is 11.5. The number of nitrogens with zero attached hydrogens (tertiary/aromatic N) is 1. The third kappa shape index (κ3) is 3.57. The third-order valence-corrected chi connectivity index (χ3v) is 3.91. The number of hydrogen-bond donors (Lipinski definition) is 2. The highest BCUT2D eigenvalue weighted by Gasteiger charge is 2.20. The van der Waals surface area contributed by atoms with E-state index in [1.54, 1.807) is 24.5 Å². The highest BCUT2D eigenvalue weighted by molar-refractivity contribution is 7.09. The number of para-hydroxylation sites is 1. The van der Waals surface area contributed by atoms with Gasteiger partial charge in [0.2, 0.25) is 0 Å². The van der Waals surface area contributed by atoms with E-state index in [4.69, 9.17) is 0 Å². The van der Waals surface area contributed by atoms with Crippen molar-refractivity contribution >= 4 is 28.6 Å². The largest absolute Gasteiger partial charge is 0.382 e. The van der Waals surface area contributed by atoms with Crippen LogP contribution in [0, 0.1) is 10.1 Å². The first kappa shape index (κ1) is 15.0. The summed E-state index contributed by atoms with van der Waals surface area (Å²) in [7, 11) is 1.56. The van der Waals surface area contributed by atoms with E-state index in [0.29, 0.717) is 6.54 Å². The summed E-state index contributed by atoms with van der Waals surface area (Å²) >= 11 is 1.63. The van der Waals surface area contributed by atoms with E-state index in [-0.39, 0.29) is 22.8 Å². The number of nitrogens with one attached hydrogen (secondary N) is 2. The van der Waals surface area contributed by atoms with Crippen molar-refractivity contribution in [3.63, 3.8) is 0 Å². The molecule has 7 heteroatoms. The molecule has 2 rings (SSSR count). The van der Waals surface area contributed by atoms with E-state index in [1.807, 2.05) is 17.5 Å². The van der Waals surface area contributed by atoms with E-state index < -0.39 is 4.92 Å². The number of nitro groups is 1. The second-order valence-corrected chi connectivity index (χ2v) is 5.32. The van der Waals surface area contributed by atoms with Crippen LogP contribution in [0.15, 0.2) is 35.7 Å². The first-order valence-electron chi connectivity index (χ1n) is 6.39. The van der Waals surface area contributed by atoms with E-state index >= 15 is 0 Å². The molecule has 0 saturated carbocycles. The van der Waals surface area contributed by atoms with Crippen molar-refractivity contribution in [2.75, 3.05) is 18.9 Å². The molecule has 0 aliphatic heterocycles. The Kier molecular flexibility index (Phi) is 4.89. The van der Waals surface area contributed by atoms with Crippen LogP contribution in [0.5, 0.6) is 0 Å². The summed E-state index contributed by atoms with van der Waals surface area (Å²) in [5, 5.41) is 18.5. The number of nitro benzene ring substituents is 1. The van der Waals surface area contributed by atoms with Gasteiger partial charge < -0.3 is 10.6 Å². The highest BCUT2D eigenvalue weighted by atomic mass is 32.1. The smallest absolute Gasteiger partial charge is 0.293 e. The van der Waals surface area contributed by atoms with Crippen molar-refractivity contribution < 1.29 is 9.72 Å². The van der Waals surface area contributed by atoms with Crippen LogP contribution < -0.4 is 10.6 Å². The van der Waals surface area contributed by atoms with E-state index in [9.17, 15) is 14.9 Å². The van der Waals surface area contributed by atoms with Crippen molar-refractivity contribution in [2.24, 2.45) is 0 Å². The molecule has 1 aromatic heterocycles. The lowest BCUT2D eigenvalue weighted by Gasteiger charge is -2.09. The molecule has 1 heterocycles. The molecule has 0 bridgehead atoms. The van der Waals surface area contributed by atoms with Crippen LogP contribution in [0.4, 0.5) is 11.4 Å². The minimum Gasteiger partial charge on any atom is -0.382 e. The van der Waals surface area contributed by atoms with Gasteiger partial charge in [-0.25, -0.2) is 0 Å². The Morgan fingerprint density at radius 3 is 2.76 bits per heavy atom. The SMILES string of the molecule is CNc1c(C(=O)NCCc2cccs2)cccc1[N+](=O)[O-]. The van der Waals surface area contributed by atoms with Gasteiger partial charge in [0.15, 0.2) is 0 Å². The molecule has 21 heavy (non-hydrogen) atoms. The summed E-state index contributed by atoms with van der Waals surface area (Å²) in [6.45, 7) is 0.491. The molecule has 0 unspecified atom stereocenters. The number of anilines is 1. The van der Waals surface area contributed by atoms with Gasteiger partial charge >= 0.3 is 0 Å². The predicted octanol–water partition coefficient (Wildman–Crippen LogP) is 2.67. The van der Waals surface area contributed by atoms with Gasteiger partial charge in [-0.05, 0) is 23.9 Å². The van der Waals surface area contributed by atoms with Gasteiger partial charge in [0.05, 0.1) is 10.5 Å². The Hall–Kier alpha value is -2.41. The molecule has 2 aromatic rings. The van der Waals surface area contributed by atoms with Crippen molar-refractivity contribution in [3.05, 3.63) is 56.3 Å². The highest BCUT2D eigenvalue weighted by Crippen LogP contribution is 2.27. The number of carbonyl (C=O) groups is 1. The summed E-state index contributed by atoms with van der Waals surface area (Å²) < 4.78 is 0. The Morgan fingerprint density at radius 1 is 1.33 bits per heavy atom. The monoisotopic (exact) mass is 305 g/mol. The third-order valence-electron chi connectivity index (χ3n) is 2.97. The molecule has 0 aliphatic rings. The molecule has 1 aromatic carbocycles. The first-order chi connectivity index (χ1) is 10.1. The average molecular weight is 305 g/mol. The quantitative estimate of drug-likeness (QED) is 0.635. The number of benzene rings is 1. The molecule has 2 N–H and O–H groups in total. The summed E-state index contributed by atoms with van der Waals surface area (Å²) in [6, 6.07) is 8.41. The lowest BCUT2D eigenvalue weighted by molar-refractivity contribution is -0.384. The van der Waals surface area contributed by atoms with Gasteiger partial charge in [0.25, 0.3) is 11.6 Å². The lowest BCUT2D eigenvalue weighted by Crippen LogP contribution is -2.26. The molecular weight excluding hydrogens is 290 g/mol. The maximum atomic E-state index is 12.2. The number of amides is 1. The summed E-state index contributed by atoms with van der Waals surface area (Å²) in [5.74, 6) is -0.320. The molecular formula is C14H15N3O3S. The molecule has 0 fully saturated rings. The zero-order chi connectivity index (χ0) is 15.2. The molecule has 110 valence electrons. The van der Waals surface area contributed by atoms with Gasteiger partial charge in [-0.2, -0.15) is 0 Å². The summed E-state index contributed by atoms with van der Waals surface area (Å²) in [4.78, 5) is 23.8. The fourth-order valence-electron chi connectivity index (χ4n) is 1.99. The van der Waals surface area contributed by atoms with Gasteiger partial charge in [-0.3, -0.25) is 14.9 Å². The normalized spacial score (nSPS) is 10.1. The fourth-order valence-corrected chi connectivity index (χ4v) is 2.70. The summed E-state index contributed by atoms with van der Waals surface area (Å²) in [5.41, 5.74) is 0.400. The molecule has 0 radical (unpaired) electrons. The van der Waals surface area contributed by atoms with E-state index in [0.717, 1.165) is 6.42 Å². The average Bonchev–Trinajstić information content (AvgIpc) is 2.99. The van der Waals surface area contributed by atoms with Crippen molar-refractivity contribution in [1.29, 1.82) is 0 Å². The minimum atomic E-state index is -0.506. The Labute approximate surface area is 126 Å². The molecule has 0 aliphatic carbocycles. The molecule has 0 saturated heterocycles. The van der Waals surface area contributed by atoms with E-state index in [2.05, 4.69) is 10.6 Å². The molecule has 1 amide bonds. The van der Waals surface area contributed by atoms with Crippen LogP contribution in [0.3, 0.4) is 0 Å². The van der Waals surface area contributed by atoms with Crippen LogP contribution in [0.25, 0.3) is 0 Å². The fraction of sp³-hybridized carbons (Fsp3) is 0.214. The van der Waals surface area contributed by atoms with Crippen molar-refractivity contribution in [2.45, 2.75) is 6.42 Å². The van der Waals surface area contributed by atoms with Crippen LogP contribution in [-0.4, -0.2) is 24.4 Å². The second-order valence-electron chi connectivity index (χ2n) is 4.29. The van der Waals surface area contributed by atoms with Crippen LogP contribution >= 0.6 is 11.3 Å². The number of carbonyl (C=O) groups excluding carboxylic acids is 1. The first-order valence-corrected chi connectivity index (χ1v) is 7.27. The zero-order valence-corrected chi connectivity index (χ0v) is 12.3. The Balaban J connectivity index is 2.08. The standard InChI is InChI=1S/C14H15N3O3S/c1-15-13-11(5-2-6-12(13)17(19)20)14(18)16-8-7-10-4-3-9-21-10/h2-6,9,15H,7-8H2,1H3,(H,16,18). The second kappa shape index (κ2) is 6.85. The van der Waals surface area contributed by atoms with Gasteiger partial charge in [-0.15, -0.1) is 11.3 Å². The Morgan fingerprint density at radius 2 is 2.14 bits per heavy atom. The van der Waals surface area contributed by atoms with Gasteiger partial charge in [0, 0.05) is 24.5 Å². The van der Waals surface area contributed by atoms with Crippen LogP contribution in [0.1, 0.15) is 15.2 Å². The molecule has 6 nitrogen and oxygen atoms in total. The van der Waals surface area contributed by atoms with Gasteiger partial charge in [0.1, 0.15) is 5.69 Å². The van der Waals surface area contributed by atoms with Crippen molar-refractivity contribution in [3.8, 4) is 0 Å². The number of thiophene rings is 1.